The summed E-state index contributed by atoms with van der Waals surface area (Å²) in [7, 11) is -1.83. The molecular weight excluding hydrogens is 654 g/mol. The second-order valence-electron chi connectivity index (χ2n) is 13.2. The van der Waals surface area contributed by atoms with Gasteiger partial charge in [0, 0.05) is 90.3 Å². The van der Waals surface area contributed by atoms with E-state index in [0.29, 0.717) is 11.3 Å². The molecule has 4 aromatic carbocycles. The zero-order valence-electron chi connectivity index (χ0n) is 28.1. The molecule has 0 spiro atoms. The maximum Gasteiger partial charge on any atom is 0.116 e. The smallest absolute Gasteiger partial charge is 0.116 e. The first-order chi connectivity index (χ1) is 24.4. The Bertz CT molecular complexity index is 2260. The molecule has 0 amide bonds. The first-order valence-electron chi connectivity index (χ1n) is 16.8. The highest BCUT2D eigenvalue weighted by Gasteiger charge is 2.30. The lowest BCUT2D eigenvalue weighted by molar-refractivity contribution is 1.10. The maximum absolute atomic E-state index is 4.80. The van der Waals surface area contributed by atoms with Gasteiger partial charge in [-0.15, -0.1) is 0 Å². The summed E-state index contributed by atoms with van der Waals surface area (Å²) < 4.78 is 0. The van der Waals surface area contributed by atoms with Crippen molar-refractivity contribution in [1.82, 2.24) is 29.9 Å². The number of rotatable bonds is 2. The van der Waals surface area contributed by atoms with Crippen LogP contribution in [0.3, 0.4) is 0 Å². The zero-order chi connectivity index (χ0) is 33.9. The van der Waals surface area contributed by atoms with Crippen LogP contribution in [0.15, 0.2) is 110 Å². The molecule has 2 N–H and O–H groups in total. The van der Waals surface area contributed by atoms with Crippen molar-refractivity contribution in [3.05, 3.63) is 110 Å². The average Bonchev–Trinajstić information content (AvgIpc) is 3.11. The SMILES string of the molecule is CC(C)P1c2cc3cccnc3cc2Nc2cc3ncccc3cc2P(C(C)C)c2cc3cncnc3cc2Nc2cc3ncncc3cc21. The molecule has 2 unspecified atom stereocenters. The summed E-state index contributed by atoms with van der Waals surface area (Å²) >= 11 is 0. The predicted octanol–water partition coefficient (Wildman–Crippen LogP) is 8.15. The summed E-state index contributed by atoms with van der Waals surface area (Å²) in [6.07, 6.45) is 10.8. The van der Waals surface area contributed by atoms with Gasteiger partial charge in [-0.3, -0.25) is 9.97 Å². The number of aromatic nitrogens is 6. The van der Waals surface area contributed by atoms with Crippen molar-refractivity contribution >= 4 is 103 Å². The number of nitrogens with one attached hydrogen (secondary N) is 2. The van der Waals surface area contributed by atoms with E-state index >= 15 is 0 Å². The van der Waals surface area contributed by atoms with Gasteiger partial charge in [-0.2, -0.15) is 0 Å². The van der Waals surface area contributed by atoms with Crippen LogP contribution in [0.25, 0.3) is 43.6 Å². The second-order valence-corrected chi connectivity index (χ2v) is 18.7. The number of benzene rings is 4. The van der Waals surface area contributed by atoms with Crippen LogP contribution in [0.5, 0.6) is 0 Å². The quantitative estimate of drug-likeness (QED) is 0.176. The molecule has 8 aromatic rings. The van der Waals surface area contributed by atoms with Crippen molar-refractivity contribution in [3.8, 4) is 0 Å². The normalized spacial score (nSPS) is 15.9. The maximum atomic E-state index is 4.80. The molecule has 1 aliphatic rings. The summed E-state index contributed by atoms with van der Waals surface area (Å²) in [4.78, 5) is 27.8. The molecule has 50 heavy (non-hydrogen) atoms. The topological polar surface area (TPSA) is 101 Å². The summed E-state index contributed by atoms with van der Waals surface area (Å²) in [5.74, 6) is 0. The van der Waals surface area contributed by atoms with Gasteiger partial charge in [0.25, 0.3) is 0 Å². The van der Waals surface area contributed by atoms with Crippen LogP contribution >= 0.6 is 15.8 Å². The number of pyridine rings is 2. The lowest BCUT2D eigenvalue weighted by Gasteiger charge is -2.32. The first kappa shape index (κ1) is 30.9. The largest absolute Gasteiger partial charge is 0.354 e. The second kappa shape index (κ2) is 12.3. The lowest BCUT2D eigenvalue weighted by Crippen LogP contribution is -2.27. The van der Waals surface area contributed by atoms with Gasteiger partial charge < -0.3 is 10.6 Å². The third-order valence-corrected chi connectivity index (χ3v) is 14.9. The highest BCUT2D eigenvalue weighted by atomic mass is 31.1. The van der Waals surface area contributed by atoms with E-state index in [9.17, 15) is 0 Å². The zero-order valence-corrected chi connectivity index (χ0v) is 29.9. The van der Waals surface area contributed by atoms with Crippen LogP contribution in [0.4, 0.5) is 22.7 Å². The number of nitrogens with zero attached hydrogens (tertiary/aromatic N) is 6. The Hall–Kier alpha value is -5.16. The Morgan fingerprint density at radius 1 is 0.460 bits per heavy atom. The highest BCUT2D eigenvalue weighted by molar-refractivity contribution is 7.74. The highest BCUT2D eigenvalue weighted by Crippen LogP contribution is 2.49. The van der Waals surface area contributed by atoms with Gasteiger partial charge in [-0.1, -0.05) is 39.8 Å². The minimum absolute atomic E-state index is 0.305. The molecule has 0 aliphatic carbocycles. The van der Waals surface area contributed by atoms with Gasteiger partial charge in [-0.25, -0.2) is 19.9 Å². The van der Waals surface area contributed by atoms with Gasteiger partial charge in [0.15, 0.2) is 0 Å². The van der Waals surface area contributed by atoms with Gasteiger partial charge in [-0.05, 0) is 87.8 Å². The molecule has 0 radical (unpaired) electrons. The monoisotopic (exact) mass is 688 g/mol. The van der Waals surface area contributed by atoms with E-state index in [4.69, 9.17) is 19.9 Å². The fourth-order valence-corrected chi connectivity index (χ4v) is 12.5. The molecule has 9 rings (SSSR count). The molecule has 8 nitrogen and oxygen atoms in total. The van der Waals surface area contributed by atoms with E-state index < -0.39 is 15.8 Å². The van der Waals surface area contributed by atoms with E-state index in [1.165, 1.54) is 21.2 Å². The third-order valence-electron chi connectivity index (χ3n) is 9.29. The molecule has 4 aromatic heterocycles. The van der Waals surface area contributed by atoms with Crippen LogP contribution in [0.1, 0.15) is 27.7 Å². The number of fused-ring (bicyclic) bond motifs is 8. The third kappa shape index (κ3) is 5.31. The molecule has 0 fully saturated rings. The molecule has 5 heterocycles. The summed E-state index contributed by atoms with van der Waals surface area (Å²) in [5, 5.41) is 17.3. The van der Waals surface area contributed by atoms with Crippen LogP contribution in [-0.4, -0.2) is 41.2 Å². The molecule has 2 atom stereocenters. The van der Waals surface area contributed by atoms with Crippen LogP contribution in [0, 0.1) is 0 Å². The molecule has 0 saturated heterocycles. The Balaban J connectivity index is 1.43. The minimum atomic E-state index is -0.917. The van der Waals surface area contributed by atoms with E-state index in [0.717, 1.165) is 66.4 Å². The molecular formula is C40H34N8P2. The van der Waals surface area contributed by atoms with Crippen LogP contribution < -0.4 is 31.9 Å². The summed E-state index contributed by atoms with van der Waals surface area (Å²) in [6, 6.07) is 26.5. The molecule has 0 saturated carbocycles. The van der Waals surface area contributed by atoms with E-state index in [2.05, 4.69) is 109 Å². The lowest BCUT2D eigenvalue weighted by atomic mass is 10.1. The van der Waals surface area contributed by atoms with E-state index in [-0.39, 0.29) is 0 Å². The summed E-state index contributed by atoms with van der Waals surface area (Å²) in [5.41, 5.74) is 8.55. The van der Waals surface area contributed by atoms with Crippen molar-refractivity contribution < 1.29 is 0 Å². The van der Waals surface area contributed by atoms with Gasteiger partial charge in [0.05, 0.1) is 22.1 Å². The fourth-order valence-electron chi connectivity index (χ4n) is 7.11. The minimum Gasteiger partial charge on any atom is -0.354 e. The van der Waals surface area contributed by atoms with Crippen molar-refractivity contribution in [1.29, 1.82) is 0 Å². The predicted molar refractivity (Wildman–Crippen MR) is 212 cm³/mol. The Kier molecular flexibility index (Phi) is 7.60. The van der Waals surface area contributed by atoms with Crippen molar-refractivity contribution in [2.24, 2.45) is 0 Å². The Morgan fingerprint density at radius 2 is 0.820 bits per heavy atom. The van der Waals surface area contributed by atoms with Crippen LogP contribution in [0.2, 0.25) is 0 Å². The van der Waals surface area contributed by atoms with Gasteiger partial charge >= 0.3 is 0 Å². The van der Waals surface area contributed by atoms with Crippen LogP contribution in [-0.2, 0) is 0 Å². The Morgan fingerprint density at radius 3 is 1.20 bits per heavy atom. The Labute approximate surface area is 292 Å². The number of anilines is 4. The number of hydrogen-bond donors (Lipinski definition) is 2. The van der Waals surface area contributed by atoms with E-state index in [1.807, 2.05) is 36.9 Å². The molecule has 244 valence electrons. The number of hydrogen-bond acceptors (Lipinski definition) is 8. The standard InChI is InChI=1S/C40H34N8P2/c1-23(2)49-37-11-25-7-5-9-43-29(25)15-33(37)47-34-16-30-26(8-6-10-44-30)12-38(34)50(24(3)4)40-14-28-20-42-22-46-32(28)18-36(40)48-35-17-31-27(13-39(35)49)19-41-21-45-31/h5-24,47-48H,1-4H3. The van der Waals surface area contributed by atoms with Gasteiger partial charge in [0.2, 0.25) is 0 Å². The first-order valence-corrected chi connectivity index (χ1v) is 19.6. The van der Waals surface area contributed by atoms with Crippen molar-refractivity contribution in [3.63, 3.8) is 0 Å². The van der Waals surface area contributed by atoms with Gasteiger partial charge in [0.1, 0.15) is 12.7 Å². The summed E-state index contributed by atoms with van der Waals surface area (Å²) in [6.45, 7) is 9.30. The average molecular weight is 689 g/mol. The molecule has 0 bridgehead atoms. The van der Waals surface area contributed by atoms with Crippen molar-refractivity contribution in [2.75, 3.05) is 10.6 Å². The van der Waals surface area contributed by atoms with E-state index in [1.54, 1.807) is 12.7 Å². The molecule has 10 heteroatoms. The fraction of sp³-hybridized carbons (Fsp3) is 0.150. The molecule has 1 aliphatic heterocycles. The van der Waals surface area contributed by atoms with Crippen molar-refractivity contribution in [2.45, 2.75) is 39.0 Å².